The third-order valence-electron chi connectivity index (χ3n) is 4.34. The van der Waals surface area contributed by atoms with Crippen LogP contribution in [0.25, 0.3) is 0 Å². The van der Waals surface area contributed by atoms with E-state index in [-0.39, 0.29) is 36.4 Å². The number of carbonyl (C=O) groups is 2. The van der Waals surface area contributed by atoms with Gasteiger partial charge in [-0.15, -0.1) is 0 Å². The molecule has 7 heteroatoms. The number of likely N-dealkylation sites (tertiary alicyclic amines) is 1. The third-order valence-corrected chi connectivity index (χ3v) is 4.34. The van der Waals surface area contributed by atoms with Crippen LogP contribution in [-0.2, 0) is 9.59 Å². The SMILES string of the molecule is CCC(CC)C(NC(C)=O)[C@@H]1C[C@@H](C(=O)O)CN1C(=N)N. The van der Waals surface area contributed by atoms with E-state index in [1.165, 1.54) is 6.92 Å². The summed E-state index contributed by atoms with van der Waals surface area (Å²) in [6.45, 7) is 5.78. The Morgan fingerprint density at radius 1 is 1.43 bits per heavy atom. The fourth-order valence-electron chi connectivity index (χ4n) is 3.22. The number of carboxylic acids is 1. The topological polar surface area (TPSA) is 120 Å². The first-order chi connectivity index (χ1) is 9.81. The number of hydrogen-bond donors (Lipinski definition) is 4. The van der Waals surface area contributed by atoms with Gasteiger partial charge in [0.25, 0.3) is 0 Å². The smallest absolute Gasteiger partial charge is 0.308 e. The molecule has 1 aliphatic rings. The van der Waals surface area contributed by atoms with Gasteiger partial charge in [0.2, 0.25) is 5.91 Å². The molecule has 1 saturated heterocycles. The average molecular weight is 298 g/mol. The fraction of sp³-hybridized carbons (Fsp3) is 0.786. The van der Waals surface area contributed by atoms with E-state index in [2.05, 4.69) is 5.32 Å². The summed E-state index contributed by atoms with van der Waals surface area (Å²) < 4.78 is 0. The summed E-state index contributed by atoms with van der Waals surface area (Å²) in [6.07, 6.45) is 2.15. The number of carboxylic acid groups (broad SMARTS) is 1. The second kappa shape index (κ2) is 7.28. The van der Waals surface area contributed by atoms with E-state index < -0.39 is 11.9 Å². The minimum absolute atomic E-state index is 0.134. The lowest BCUT2D eigenvalue weighted by Crippen LogP contribution is -2.55. The number of guanidine groups is 1. The van der Waals surface area contributed by atoms with Crippen LogP contribution in [0.4, 0.5) is 0 Å². The van der Waals surface area contributed by atoms with Gasteiger partial charge in [-0.3, -0.25) is 15.0 Å². The molecule has 1 aliphatic heterocycles. The van der Waals surface area contributed by atoms with E-state index in [0.717, 1.165) is 12.8 Å². The van der Waals surface area contributed by atoms with Crippen molar-refractivity contribution in [3.8, 4) is 0 Å². The van der Waals surface area contributed by atoms with Crippen LogP contribution in [0.5, 0.6) is 0 Å². The molecule has 0 aliphatic carbocycles. The summed E-state index contributed by atoms with van der Waals surface area (Å²) in [5, 5.41) is 19.8. The molecule has 120 valence electrons. The minimum Gasteiger partial charge on any atom is -0.481 e. The van der Waals surface area contributed by atoms with Crippen LogP contribution in [0, 0.1) is 17.2 Å². The maximum Gasteiger partial charge on any atom is 0.308 e. The normalized spacial score (nSPS) is 23.1. The van der Waals surface area contributed by atoms with Crippen LogP contribution in [0.3, 0.4) is 0 Å². The summed E-state index contributed by atoms with van der Waals surface area (Å²) >= 11 is 0. The lowest BCUT2D eigenvalue weighted by molar-refractivity contribution is -0.141. The first-order valence-corrected chi connectivity index (χ1v) is 7.42. The Balaban J connectivity index is 3.04. The lowest BCUT2D eigenvalue weighted by Gasteiger charge is -2.36. The van der Waals surface area contributed by atoms with Crippen molar-refractivity contribution >= 4 is 17.8 Å². The van der Waals surface area contributed by atoms with Crippen molar-refractivity contribution in [2.45, 2.75) is 52.1 Å². The summed E-state index contributed by atoms with van der Waals surface area (Å²) in [7, 11) is 0. The van der Waals surface area contributed by atoms with Crippen LogP contribution in [0.15, 0.2) is 0 Å². The second-order valence-corrected chi connectivity index (χ2v) is 5.68. The molecule has 1 heterocycles. The zero-order valence-corrected chi connectivity index (χ0v) is 12.9. The number of amides is 1. The Labute approximate surface area is 125 Å². The minimum atomic E-state index is -0.880. The molecule has 7 nitrogen and oxygen atoms in total. The van der Waals surface area contributed by atoms with Gasteiger partial charge in [-0.25, -0.2) is 0 Å². The van der Waals surface area contributed by atoms with Crippen molar-refractivity contribution in [3.63, 3.8) is 0 Å². The Morgan fingerprint density at radius 2 is 2.00 bits per heavy atom. The fourth-order valence-corrected chi connectivity index (χ4v) is 3.22. The van der Waals surface area contributed by atoms with Gasteiger partial charge in [-0.05, 0) is 12.3 Å². The highest BCUT2D eigenvalue weighted by Crippen LogP contribution is 2.30. The quantitative estimate of drug-likeness (QED) is 0.423. The van der Waals surface area contributed by atoms with Crippen LogP contribution >= 0.6 is 0 Å². The standard InChI is InChI=1S/C14H26N4O3/c1-4-9(5-2)12(17-8(3)19)11-6-10(13(20)21)7-18(11)14(15)16/h9-12H,4-7H2,1-3H3,(H3,15,16)(H,17,19)(H,20,21)/t10-,11+,12?/m1/s1. The molecule has 5 N–H and O–H groups in total. The monoisotopic (exact) mass is 298 g/mol. The molecule has 0 spiro atoms. The number of nitrogens with zero attached hydrogens (tertiary/aromatic N) is 1. The second-order valence-electron chi connectivity index (χ2n) is 5.68. The maximum absolute atomic E-state index is 11.5. The molecule has 0 saturated carbocycles. The largest absolute Gasteiger partial charge is 0.481 e. The number of aliphatic carboxylic acids is 1. The molecule has 3 atom stereocenters. The predicted molar refractivity (Wildman–Crippen MR) is 79.8 cm³/mol. The molecule has 1 amide bonds. The Bertz CT molecular complexity index is 409. The van der Waals surface area contributed by atoms with E-state index >= 15 is 0 Å². The summed E-state index contributed by atoms with van der Waals surface area (Å²) in [5.74, 6) is -1.48. The molecule has 21 heavy (non-hydrogen) atoms. The number of nitrogens with one attached hydrogen (secondary N) is 2. The predicted octanol–water partition coefficient (Wildman–Crippen LogP) is 0.596. The van der Waals surface area contributed by atoms with Crippen molar-refractivity contribution in [2.75, 3.05) is 6.54 Å². The zero-order valence-electron chi connectivity index (χ0n) is 12.9. The number of nitrogens with two attached hydrogens (primary N) is 1. The Morgan fingerprint density at radius 3 is 2.38 bits per heavy atom. The molecule has 1 unspecified atom stereocenters. The lowest BCUT2D eigenvalue weighted by atomic mass is 9.86. The van der Waals surface area contributed by atoms with Crippen molar-refractivity contribution in [3.05, 3.63) is 0 Å². The molecule has 0 bridgehead atoms. The molecule has 1 fully saturated rings. The van der Waals surface area contributed by atoms with Crippen molar-refractivity contribution < 1.29 is 14.7 Å². The average Bonchev–Trinajstić information content (AvgIpc) is 2.83. The van der Waals surface area contributed by atoms with Gasteiger partial charge in [-0.1, -0.05) is 26.7 Å². The van der Waals surface area contributed by atoms with Crippen molar-refractivity contribution in [2.24, 2.45) is 17.6 Å². The molecule has 1 rings (SSSR count). The molecule has 0 aromatic heterocycles. The maximum atomic E-state index is 11.5. The van der Waals surface area contributed by atoms with E-state index in [9.17, 15) is 14.7 Å². The molecular weight excluding hydrogens is 272 g/mol. The van der Waals surface area contributed by atoms with Crippen LogP contribution in [-0.4, -0.2) is 46.5 Å². The van der Waals surface area contributed by atoms with Gasteiger partial charge >= 0.3 is 5.97 Å². The van der Waals surface area contributed by atoms with Gasteiger partial charge in [0.15, 0.2) is 5.96 Å². The number of rotatable bonds is 6. The van der Waals surface area contributed by atoms with Gasteiger partial charge in [0, 0.05) is 13.5 Å². The van der Waals surface area contributed by atoms with Gasteiger partial charge in [-0.2, -0.15) is 0 Å². The summed E-state index contributed by atoms with van der Waals surface area (Å²) in [5.41, 5.74) is 5.61. The number of carbonyl (C=O) groups excluding carboxylic acids is 1. The van der Waals surface area contributed by atoms with E-state index in [0.29, 0.717) is 6.42 Å². The van der Waals surface area contributed by atoms with Crippen molar-refractivity contribution in [1.29, 1.82) is 5.41 Å². The molecule has 0 radical (unpaired) electrons. The third kappa shape index (κ3) is 4.09. The van der Waals surface area contributed by atoms with E-state index in [1.807, 2.05) is 13.8 Å². The highest BCUT2D eigenvalue weighted by atomic mass is 16.4. The zero-order chi connectivity index (χ0) is 16.2. The molecule has 0 aromatic carbocycles. The molecular formula is C14H26N4O3. The van der Waals surface area contributed by atoms with Gasteiger partial charge < -0.3 is 21.1 Å². The van der Waals surface area contributed by atoms with E-state index in [4.69, 9.17) is 11.1 Å². The van der Waals surface area contributed by atoms with Gasteiger partial charge in [0.1, 0.15) is 0 Å². The first-order valence-electron chi connectivity index (χ1n) is 7.42. The Hall–Kier alpha value is -1.79. The van der Waals surface area contributed by atoms with Gasteiger partial charge in [0.05, 0.1) is 18.0 Å². The van der Waals surface area contributed by atoms with Crippen LogP contribution in [0.2, 0.25) is 0 Å². The van der Waals surface area contributed by atoms with E-state index in [1.54, 1.807) is 4.90 Å². The first kappa shape index (κ1) is 17.3. The van der Waals surface area contributed by atoms with Crippen molar-refractivity contribution in [1.82, 2.24) is 10.2 Å². The summed E-state index contributed by atoms with van der Waals surface area (Å²) in [6, 6.07) is -0.428. The number of hydrogen-bond acceptors (Lipinski definition) is 3. The highest BCUT2D eigenvalue weighted by molar-refractivity contribution is 5.79. The van der Waals surface area contributed by atoms with Crippen LogP contribution < -0.4 is 11.1 Å². The Kier molecular flexibility index (Phi) is 5.99. The van der Waals surface area contributed by atoms with Crippen LogP contribution in [0.1, 0.15) is 40.0 Å². The summed E-state index contributed by atoms with van der Waals surface area (Å²) in [4.78, 5) is 24.4. The highest BCUT2D eigenvalue weighted by Gasteiger charge is 2.43. The molecule has 0 aromatic rings.